The van der Waals surface area contributed by atoms with Gasteiger partial charge in [-0.15, -0.1) is 0 Å². The third-order valence-electron chi connectivity index (χ3n) is 3.05. The lowest BCUT2D eigenvalue weighted by molar-refractivity contribution is 0.256. The van der Waals surface area contributed by atoms with Gasteiger partial charge >= 0.3 is 0 Å². The Morgan fingerprint density at radius 3 is 2.72 bits per heavy atom. The zero-order chi connectivity index (χ0) is 12.4. The molecule has 2 aromatic rings. The highest BCUT2D eigenvalue weighted by Crippen LogP contribution is 2.31. The maximum atomic E-state index is 6.05. The van der Waals surface area contributed by atoms with E-state index in [1.54, 1.807) is 0 Å². The molecule has 1 nitrogen and oxygen atoms in total. The quantitative estimate of drug-likeness (QED) is 0.679. The van der Waals surface area contributed by atoms with Crippen LogP contribution in [0.3, 0.4) is 0 Å². The van der Waals surface area contributed by atoms with Gasteiger partial charge in [0.15, 0.2) is 0 Å². The summed E-state index contributed by atoms with van der Waals surface area (Å²) in [6.07, 6.45) is 5.08. The van der Waals surface area contributed by atoms with Crippen molar-refractivity contribution in [2.45, 2.75) is 12.5 Å². The molecule has 0 aliphatic carbocycles. The average Bonchev–Trinajstić information content (AvgIpc) is 2.61. The van der Waals surface area contributed by atoms with Gasteiger partial charge < -0.3 is 4.74 Å². The van der Waals surface area contributed by atoms with Gasteiger partial charge in [0.1, 0.15) is 11.9 Å². The highest BCUT2D eigenvalue weighted by Gasteiger charge is 2.15. The van der Waals surface area contributed by atoms with Crippen molar-refractivity contribution in [1.29, 1.82) is 0 Å². The molecule has 2 heteroatoms. The second kappa shape index (κ2) is 4.87. The molecular weight excluding hydrogens is 244 g/mol. The molecule has 90 valence electrons. The Bertz CT molecular complexity index is 575. The van der Waals surface area contributed by atoms with Crippen LogP contribution in [-0.2, 0) is 6.42 Å². The Labute approximate surface area is 112 Å². The van der Waals surface area contributed by atoms with E-state index < -0.39 is 0 Å². The predicted octanol–water partition coefficient (Wildman–Crippen LogP) is 4.57. The summed E-state index contributed by atoms with van der Waals surface area (Å²) >= 11 is 6.00. The van der Waals surface area contributed by atoms with E-state index in [4.69, 9.17) is 16.3 Å². The van der Waals surface area contributed by atoms with Crippen molar-refractivity contribution in [1.82, 2.24) is 0 Å². The van der Waals surface area contributed by atoms with E-state index in [0.29, 0.717) is 0 Å². The normalized spacial score (nSPS) is 17.7. The number of fused-ring (bicyclic) bond motifs is 1. The monoisotopic (exact) mass is 256 g/mol. The fraction of sp³-hybridized carbons (Fsp3) is 0.125. The van der Waals surface area contributed by atoms with Crippen LogP contribution in [0, 0.1) is 0 Å². The summed E-state index contributed by atoms with van der Waals surface area (Å²) in [6, 6.07) is 16.0. The van der Waals surface area contributed by atoms with Crippen LogP contribution in [0.15, 0.2) is 60.7 Å². The zero-order valence-corrected chi connectivity index (χ0v) is 10.6. The summed E-state index contributed by atoms with van der Waals surface area (Å²) < 4.78 is 6.05. The van der Waals surface area contributed by atoms with Crippen molar-refractivity contribution >= 4 is 11.6 Å². The van der Waals surface area contributed by atoms with Gasteiger partial charge in [-0.1, -0.05) is 48.0 Å². The molecule has 0 N–H and O–H groups in total. The Balaban J connectivity index is 1.95. The zero-order valence-electron chi connectivity index (χ0n) is 9.84. The molecule has 0 radical (unpaired) electrons. The summed E-state index contributed by atoms with van der Waals surface area (Å²) in [5, 5.41) is 0.754. The molecule has 0 saturated heterocycles. The molecule has 1 aliphatic rings. The lowest BCUT2D eigenvalue weighted by Gasteiger charge is -2.16. The third-order valence-corrected chi connectivity index (χ3v) is 3.29. The smallest absolute Gasteiger partial charge is 0.142 e. The van der Waals surface area contributed by atoms with Crippen molar-refractivity contribution in [2.75, 3.05) is 0 Å². The van der Waals surface area contributed by atoms with Crippen LogP contribution >= 0.6 is 11.6 Å². The standard InChI is InChI=1S/C16H13ClO/c17-14-9-10-16-13(11-14)7-4-8-15(18-16)12-5-2-1-3-6-12/h1-6,8-11,15H,7H2/t15-/m0/s1. The average molecular weight is 257 g/mol. The molecule has 0 aromatic heterocycles. The molecule has 2 aromatic carbocycles. The number of hydrogen-bond acceptors (Lipinski definition) is 1. The second-order valence-corrected chi connectivity index (χ2v) is 4.77. The van der Waals surface area contributed by atoms with Gasteiger partial charge in [-0.05, 0) is 41.8 Å². The summed E-state index contributed by atoms with van der Waals surface area (Å²) in [5.41, 5.74) is 2.30. The number of allylic oxidation sites excluding steroid dienone is 1. The van der Waals surface area contributed by atoms with Crippen molar-refractivity contribution in [3.8, 4) is 5.75 Å². The van der Waals surface area contributed by atoms with E-state index in [1.165, 1.54) is 0 Å². The van der Waals surface area contributed by atoms with Crippen LogP contribution in [-0.4, -0.2) is 0 Å². The van der Waals surface area contributed by atoms with Crippen molar-refractivity contribution in [3.63, 3.8) is 0 Å². The molecule has 0 amide bonds. The Morgan fingerprint density at radius 2 is 1.89 bits per heavy atom. The molecule has 1 heterocycles. The second-order valence-electron chi connectivity index (χ2n) is 4.33. The number of rotatable bonds is 1. The molecule has 0 unspecified atom stereocenters. The molecule has 1 atom stereocenters. The Morgan fingerprint density at radius 1 is 1.06 bits per heavy atom. The lowest BCUT2D eigenvalue weighted by Crippen LogP contribution is -2.04. The Kier molecular flexibility index (Phi) is 3.07. The molecule has 18 heavy (non-hydrogen) atoms. The van der Waals surface area contributed by atoms with E-state index in [2.05, 4.69) is 24.3 Å². The molecule has 1 aliphatic heterocycles. The van der Waals surface area contributed by atoms with E-state index in [1.807, 2.05) is 36.4 Å². The minimum Gasteiger partial charge on any atom is -0.481 e. The first-order valence-electron chi connectivity index (χ1n) is 5.99. The molecule has 0 bridgehead atoms. The number of ether oxygens (including phenoxy) is 1. The summed E-state index contributed by atoms with van der Waals surface area (Å²) in [7, 11) is 0. The van der Waals surface area contributed by atoms with Crippen LogP contribution < -0.4 is 4.74 Å². The highest BCUT2D eigenvalue weighted by atomic mass is 35.5. The summed E-state index contributed by atoms with van der Waals surface area (Å²) in [6.45, 7) is 0. The van der Waals surface area contributed by atoms with Crippen LogP contribution in [0.2, 0.25) is 5.02 Å². The molecule has 3 rings (SSSR count). The van der Waals surface area contributed by atoms with Crippen molar-refractivity contribution in [3.05, 3.63) is 76.8 Å². The largest absolute Gasteiger partial charge is 0.481 e. The maximum absolute atomic E-state index is 6.05. The maximum Gasteiger partial charge on any atom is 0.142 e. The molecule has 0 spiro atoms. The van der Waals surface area contributed by atoms with Crippen LogP contribution in [0.5, 0.6) is 5.75 Å². The third kappa shape index (κ3) is 2.27. The minimum atomic E-state index is -0.0198. The van der Waals surface area contributed by atoms with Crippen molar-refractivity contribution in [2.24, 2.45) is 0 Å². The molecular formula is C16H13ClO. The highest BCUT2D eigenvalue weighted by molar-refractivity contribution is 6.30. The minimum absolute atomic E-state index is 0.0198. The van der Waals surface area contributed by atoms with Crippen LogP contribution in [0.4, 0.5) is 0 Å². The van der Waals surface area contributed by atoms with Crippen molar-refractivity contribution < 1.29 is 4.74 Å². The van der Waals surface area contributed by atoms with Gasteiger partial charge in [0.25, 0.3) is 0 Å². The summed E-state index contributed by atoms with van der Waals surface area (Å²) in [4.78, 5) is 0. The van der Waals surface area contributed by atoms with Gasteiger partial charge in [-0.2, -0.15) is 0 Å². The first-order chi connectivity index (χ1) is 8.83. The Hall–Kier alpha value is -1.73. The van der Waals surface area contributed by atoms with Gasteiger partial charge in [0.2, 0.25) is 0 Å². The number of halogens is 1. The van der Waals surface area contributed by atoms with Gasteiger partial charge in [-0.25, -0.2) is 0 Å². The van der Waals surface area contributed by atoms with Crippen LogP contribution in [0.1, 0.15) is 17.2 Å². The summed E-state index contributed by atoms with van der Waals surface area (Å²) in [5.74, 6) is 0.915. The van der Waals surface area contributed by atoms with E-state index >= 15 is 0 Å². The number of benzene rings is 2. The SMILES string of the molecule is Clc1ccc2c(c1)CC=C[C@@H](c1ccccc1)O2. The number of hydrogen-bond donors (Lipinski definition) is 0. The first kappa shape index (κ1) is 11.4. The van der Waals surface area contributed by atoms with E-state index in [0.717, 1.165) is 28.3 Å². The van der Waals surface area contributed by atoms with E-state index in [9.17, 15) is 0 Å². The first-order valence-corrected chi connectivity index (χ1v) is 6.37. The fourth-order valence-electron chi connectivity index (χ4n) is 2.14. The van der Waals surface area contributed by atoms with Gasteiger partial charge in [0.05, 0.1) is 0 Å². The van der Waals surface area contributed by atoms with Gasteiger partial charge in [-0.3, -0.25) is 0 Å². The molecule has 0 fully saturated rings. The van der Waals surface area contributed by atoms with Gasteiger partial charge in [0, 0.05) is 5.02 Å². The predicted molar refractivity (Wildman–Crippen MR) is 74.1 cm³/mol. The fourth-order valence-corrected chi connectivity index (χ4v) is 2.33. The van der Waals surface area contributed by atoms with E-state index in [-0.39, 0.29) is 6.10 Å². The topological polar surface area (TPSA) is 9.23 Å². The lowest BCUT2D eigenvalue weighted by atomic mass is 10.1. The van der Waals surface area contributed by atoms with Crippen LogP contribution in [0.25, 0.3) is 0 Å². The molecule has 0 saturated carbocycles.